The van der Waals surface area contributed by atoms with Crippen LogP contribution < -0.4 is 0 Å². The van der Waals surface area contributed by atoms with Gasteiger partial charge in [0, 0.05) is 25.1 Å². The van der Waals surface area contributed by atoms with E-state index >= 15 is 0 Å². The van der Waals surface area contributed by atoms with Gasteiger partial charge in [-0.15, -0.1) is 0 Å². The van der Waals surface area contributed by atoms with Crippen molar-refractivity contribution >= 4 is 11.6 Å². The molecule has 142 valence electrons. The SMILES string of the molecule is CC.O=C1CC(C=C(F)F)CN1Cc1c(C(F)(F)F)nc2cccnn12. The molecule has 1 unspecified atom stereocenters. The third-order valence-corrected chi connectivity index (χ3v) is 3.70. The number of nitrogens with zero attached hydrogens (tertiary/aromatic N) is 4. The molecular formula is C16H17F5N4O. The highest BCUT2D eigenvalue weighted by Crippen LogP contribution is 2.33. The van der Waals surface area contributed by atoms with Crippen LogP contribution in [0, 0.1) is 5.92 Å². The Morgan fingerprint density at radius 2 is 2.04 bits per heavy atom. The Kier molecular flexibility index (Phi) is 5.94. The fourth-order valence-corrected chi connectivity index (χ4v) is 2.73. The summed E-state index contributed by atoms with van der Waals surface area (Å²) < 4.78 is 65.2. The molecule has 26 heavy (non-hydrogen) atoms. The molecule has 1 aliphatic rings. The summed E-state index contributed by atoms with van der Waals surface area (Å²) in [5, 5.41) is 3.83. The lowest BCUT2D eigenvalue weighted by molar-refractivity contribution is -0.142. The molecule has 1 atom stereocenters. The molecule has 0 bridgehead atoms. The van der Waals surface area contributed by atoms with Crippen molar-refractivity contribution in [3.05, 3.63) is 41.9 Å². The topological polar surface area (TPSA) is 50.5 Å². The summed E-state index contributed by atoms with van der Waals surface area (Å²) in [6, 6.07) is 2.81. The number of halogens is 5. The number of hydrogen-bond acceptors (Lipinski definition) is 3. The second-order valence-electron chi connectivity index (χ2n) is 5.39. The molecule has 3 rings (SSSR count). The van der Waals surface area contributed by atoms with Gasteiger partial charge >= 0.3 is 6.18 Å². The number of carbonyl (C=O) groups is 1. The van der Waals surface area contributed by atoms with E-state index in [-0.39, 0.29) is 24.3 Å². The second-order valence-corrected chi connectivity index (χ2v) is 5.39. The summed E-state index contributed by atoms with van der Waals surface area (Å²) in [6.07, 6.45) is -4.84. The smallest absolute Gasteiger partial charge is 0.336 e. The van der Waals surface area contributed by atoms with Crippen molar-refractivity contribution in [1.29, 1.82) is 0 Å². The maximum absolute atomic E-state index is 13.2. The number of alkyl halides is 3. The van der Waals surface area contributed by atoms with Gasteiger partial charge in [0.25, 0.3) is 6.08 Å². The van der Waals surface area contributed by atoms with Crippen LogP contribution in [-0.2, 0) is 17.5 Å². The number of rotatable bonds is 3. The molecule has 0 radical (unpaired) electrons. The van der Waals surface area contributed by atoms with Crippen molar-refractivity contribution in [1.82, 2.24) is 19.5 Å². The van der Waals surface area contributed by atoms with Gasteiger partial charge in [-0.3, -0.25) is 4.79 Å². The van der Waals surface area contributed by atoms with Gasteiger partial charge in [0.1, 0.15) is 0 Å². The zero-order valence-electron chi connectivity index (χ0n) is 14.1. The molecule has 1 aliphatic heterocycles. The van der Waals surface area contributed by atoms with Crippen LogP contribution in [0.5, 0.6) is 0 Å². The van der Waals surface area contributed by atoms with Crippen LogP contribution in [-0.4, -0.2) is 31.9 Å². The Hall–Kier alpha value is -2.52. The Labute approximate surface area is 146 Å². The van der Waals surface area contributed by atoms with E-state index in [1.54, 1.807) is 0 Å². The molecule has 1 amide bonds. The van der Waals surface area contributed by atoms with Crippen LogP contribution in [0.2, 0.25) is 0 Å². The van der Waals surface area contributed by atoms with E-state index in [2.05, 4.69) is 10.1 Å². The summed E-state index contributed by atoms with van der Waals surface area (Å²) in [5.41, 5.74) is -1.43. The lowest BCUT2D eigenvalue weighted by Crippen LogP contribution is -2.27. The van der Waals surface area contributed by atoms with Gasteiger partial charge in [-0.25, -0.2) is 9.50 Å². The van der Waals surface area contributed by atoms with E-state index in [1.165, 1.54) is 18.3 Å². The van der Waals surface area contributed by atoms with Crippen molar-refractivity contribution in [3.63, 3.8) is 0 Å². The molecule has 5 nitrogen and oxygen atoms in total. The van der Waals surface area contributed by atoms with Gasteiger partial charge in [-0.2, -0.15) is 27.1 Å². The minimum atomic E-state index is -4.71. The van der Waals surface area contributed by atoms with Crippen LogP contribution in [0.1, 0.15) is 31.7 Å². The number of fused-ring (bicyclic) bond motifs is 1. The molecule has 0 aromatic carbocycles. The van der Waals surface area contributed by atoms with Crippen LogP contribution >= 0.6 is 0 Å². The van der Waals surface area contributed by atoms with E-state index < -0.39 is 36.3 Å². The number of aromatic nitrogens is 3. The van der Waals surface area contributed by atoms with E-state index in [0.717, 1.165) is 9.42 Å². The third-order valence-electron chi connectivity index (χ3n) is 3.70. The Bertz CT molecular complexity index is 811. The Morgan fingerprint density at radius 1 is 1.35 bits per heavy atom. The van der Waals surface area contributed by atoms with Gasteiger partial charge in [-0.05, 0) is 18.2 Å². The van der Waals surface area contributed by atoms with Gasteiger partial charge in [0.15, 0.2) is 11.3 Å². The zero-order chi connectivity index (χ0) is 19.5. The fourth-order valence-electron chi connectivity index (χ4n) is 2.73. The number of carbonyl (C=O) groups excluding carboxylic acids is 1. The average Bonchev–Trinajstić information content (AvgIpc) is 3.10. The second kappa shape index (κ2) is 7.79. The monoisotopic (exact) mass is 376 g/mol. The maximum atomic E-state index is 13.2. The molecule has 2 aromatic heterocycles. The molecule has 10 heteroatoms. The first kappa shape index (κ1) is 19.8. The van der Waals surface area contributed by atoms with Crippen molar-refractivity contribution in [3.8, 4) is 0 Å². The third kappa shape index (κ3) is 4.17. The summed E-state index contributed by atoms with van der Waals surface area (Å²) in [7, 11) is 0. The summed E-state index contributed by atoms with van der Waals surface area (Å²) in [4.78, 5) is 16.5. The van der Waals surface area contributed by atoms with Crippen molar-refractivity contribution in [2.24, 2.45) is 5.92 Å². The number of likely N-dealkylation sites (tertiary alicyclic amines) is 1. The Morgan fingerprint density at radius 3 is 2.65 bits per heavy atom. The van der Waals surface area contributed by atoms with Gasteiger partial charge in [0.2, 0.25) is 5.91 Å². The van der Waals surface area contributed by atoms with Gasteiger partial charge < -0.3 is 4.90 Å². The number of amides is 1. The quantitative estimate of drug-likeness (QED) is 0.764. The first-order valence-electron chi connectivity index (χ1n) is 7.96. The predicted molar refractivity (Wildman–Crippen MR) is 83.2 cm³/mol. The van der Waals surface area contributed by atoms with Gasteiger partial charge in [0.05, 0.1) is 12.2 Å². The first-order valence-corrected chi connectivity index (χ1v) is 7.96. The molecule has 3 heterocycles. The molecule has 0 N–H and O–H groups in total. The normalized spacial score (nSPS) is 17.3. The van der Waals surface area contributed by atoms with E-state index in [1.807, 2.05) is 13.8 Å². The number of hydrogen-bond donors (Lipinski definition) is 0. The highest BCUT2D eigenvalue weighted by Gasteiger charge is 2.40. The molecule has 0 saturated carbocycles. The van der Waals surface area contributed by atoms with Crippen LogP contribution in [0.15, 0.2) is 30.5 Å². The largest absolute Gasteiger partial charge is 0.435 e. The van der Waals surface area contributed by atoms with E-state index in [4.69, 9.17) is 0 Å². The van der Waals surface area contributed by atoms with Crippen LogP contribution in [0.25, 0.3) is 5.65 Å². The molecule has 2 aromatic rings. The average molecular weight is 376 g/mol. The Balaban J connectivity index is 0.00000117. The molecule has 1 fully saturated rings. The lowest BCUT2D eigenvalue weighted by Gasteiger charge is -2.17. The maximum Gasteiger partial charge on any atom is 0.435 e. The van der Waals surface area contributed by atoms with Crippen molar-refractivity contribution in [2.75, 3.05) is 6.54 Å². The highest BCUT2D eigenvalue weighted by molar-refractivity contribution is 5.79. The van der Waals surface area contributed by atoms with Gasteiger partial charge in [-0.1, -0.05) is 13.8 Å². The van der Waals surface area contributed by atoms with Crippen molar-refractivity contribution in [2.45, 2.75) is 33.0 Å². The minimum Gasteiger partial charge on any atom is -0.336 e. The highest BCUT2D eigenvalue weighted by atomic mass is 19.4. The predicted octanol–water partition coefficient (Wildman–Crippen LogP) is 3.90. The number of imidazole rings is 1. The zero-order valence-corrected chi connectivity index (χ0v) is 14.1. The summed E-state index contributed by atoms with van der Waals surface area (Å²) in [5.74, 6) is -1.21. The van der Waals surface area contributed by atoms with Crippen molar-refractivity contribution < 1.29 is 26.7 Å². The van der Waals surface area contributed by atoms with E-state index in [0.29, 0.717) is 6.08 Å². The first-order chi connectivity index (χ1) is 12.3. The molecule has 0 spiro atoms. The summed E-state index contributed by atoms with van der Waals surface area (Å²) in [6.45, 7) is 3.53. The fraction of sp³-hybridized carbons (Fsp3) is 0.438. The lowest BCUT2D eigenvalue weighted by atomic mass is 10.1. The van der Waals surface area contributed by atoms with Crippen LogP contribution in [0.4, 0.5) is 22.0 Å². The molecular weight excluding hydrogens is 359 g/mol. The molecule has 0 aliphatic carbocycles. The van der Waals surface area contributed by atoms with Crippen LogP contribution in [0.3, 0.4) is 0 Å². The molecule has 1 saturated heterocycles. The summed E-state index contributed by atoms with van der Waals surface area (Å²) >= 11 is 0. The minimum absolute atomic E-state index is 0.00211. The standard InChI is InChI=1S/C14H11F5N4O.C2H6/c15-10(16)4-8-5-12(24)22(6-8)7-9-13(14(17,18)19)21-11-2-1-3-20-23(9)11;1-2/h1-4,8H,5-7H2;1-2H3. The van der Waals surface area contributed by atoms with E-state index in [9.17, 15) is 26.7 Å².